The number of hydrogen-bond acceptors (Lipinski definition) is 5. The van der Waals surface area contributed by atoms with Gasteiger partial charge in [-0.05, 0) is 44.4 Å². The number of nitrogens with one attached hydrogen (secondary N) is 1. The van der Waals surface area contributed by atoms with Crippen molar-refractivity contribution in [2.24, 2.45) is 16.9 Å². The molecule has 2 heterocycles. The van der Waals surface area contributed by atoms with Crippen molar-refractivity contribution in [3.63, 3.8) is 0 Å². The highest BCUT2D eigenvalue weighted by Gasteiger charge is 2.47. The average Bonchev–Trinajstić information content (AvgIpc) is 3.18. The third-order valence-corrected chi connectivity index (χ3v) is 4.66. The van der Waals surface area contributed by atoms with Gasteiger partial charge in [0.05, 0.1) is 18.8 Å². The largest absolute Gasteiger partial charge is 0.481 e. The standard InChI is InChI=1S/C18H28N2O5/c1-2-11-24-18(23)20-19-12-14-13(15-9-10-16(14)25-15)7-5-3-4-6-8-17(21)22/h3,5,12-16H,2,4,6-11H2,1H3,(H,20,23)(H,21,22)/t13-,14+,15-,16+/m1/s1. The van der Waals surface area contributed by atoms with Crippen LogP contribution in [0.2, 0.25) is 0 Å². The van der Waals surface area contributed by atoms with Crippen molar-refractivity contribution >= 4 is 18.3 Å². The maximum Gasteiger partial charge on any atom is 0.427 e. The predicted octanol–water partition coefficient (Wildman–Crippen LogP) is 3.10. The van der Waals surface area contributed by atoms with Gasteiger partial charge in [-0.3, -0.25) is 4.79 Å². The summed E-state index contributed by atoms with van der Waals surface area (Å²) in [5.41, 5.74) is 2.40. The summed E-state index contributed by atoms with van der Waals surface area (Å²) in [4.78, 5) is 21.9. The van der Waals surface area contributed by atoms with E-state index in [1.807, 2.05) is 13.0 Å². The van der Waals surface area contributed by atoms with Crippen molar-refractivity contribution in [2.45, 2.75) is 64.1 Å². The van der Waals surface area contributed by atoms with E-state index in [1.54, 1.807) is 6.21 Å². The number of ether oxygens (including phenoxy) is 2. The molecule has 0 spiro atoms. The fourth-order valence-corrected chi connectivity index (χ4v) is 3.47. The minimum atomic E-state index is -0.754. The number of unbranched alkanes of at least 4 members (excludes halogenated alkanes) is 1. The first-order valence-electron chi connectivity index (χ1n) is 9.10. The molecular formula is C18H28N2O5. The number of aliphatic carboxylic acids is 1. The first-order chi connectivity index (χ1) is 12.1. The van der Waals surface area contributed by atoms with Gasteiger partial charge in [-0.25, -0.2) is 10.2 Å². The summed E-state index contributed by atoms with van der Waals surface area (Å²) in [5.74, 6) is -0.211. The highest BCUT2D eigenvalue weighted by Crippen LogP contribution is 2.44. The zero-order chi connectivity index (χ0) is 18.1. The van der Waals surface area contributed by atoms with Gasteiger partial charge in [0.2, 0.25) is 0 Å². The topological polar surface area (TPSA) is 97.2 Å². The van der Waals surface area contributed by atoms with Crippen LogP contribution in [0.5, 0.6) is 0 Å². The van der Waals surface area contributed by atoms with Gasteiger partial charge in [0.25, 0.3) is 0 Å². The van der Waals surface area contributed by atoms with E-state index in [9.17, 15) is 9.59 Å². The quantitative estimate of drug-likeness (QED) is 0.272. The average molecular weight is 352 g/mol. The Morgan fingerprint density at radius 1 is 1.32 bits per heavy atom. The summed E-state index contributed by atoms with van der Waals surface area (Å²) in [6.45, 7) is 2.32. The third kappa shape index (κ3) is 6.16. The molecule has 2 bridgehead atoms. The lowest BCUT2D eigenvalue weighted by molar-refractivity contribution is -0.137. The summed E-state index contributed by atoms with van der Waals surface area (Å²) in [5, 5.41) is 12.7. The molecule has 2 N–H and O–H groups in total. The third-order valence-electron chi connectivity index (χ3n) is 4.66. The highest BCUT2D eigenvalue weighted by molar-refractivity contribution is 5.70. The fraction of sp³-hybridized carbons (Fsp3) is 0.722. The van der Waals surface area contributed by atoms with Crippen LogP contribution in [0.1, 0.15) is 51.9 Å². The van der Waals surface area contributed by atoms with Gasteiger partial charge in [0, 0.05) is 18.6 Å². The molecule has 140 valence electrons. The zero-order valence-electron chi connectivity index (χ0n) is 14.7. The number of hydrazone groups is 1. The molecule has 2 rings (SSSR count). The van der Waals surface area contributed by atoms with Gasteiger partial charge >= 0.3 is 12.1 Å². The minimum absolute atomic E-state index is 0.174. The van der Waals surface area contributed by atoms with E-state index in [-0.39, 0.29) is 24.5 Å². The molecule has 2 saturated heterocycles. The van der Waals surface area contributed by atoms with Gasteiger partial charge in [-0.2, -0.15) is 5.10 Å². The molecule has 2 aliphatic rings. The molecule has 1 amide bonds. The number of amides is 1. The van der Waals surface area contributed by atoms with Crippen LogP contribution < -0.4 is 5.43 Å². The number of hydrogen-bond donors (Lipinski definition) is 2. The first-order valence-corrected chi connectivity index (χ1v) is 9.10. The number of allylic oxidation sites excluding steroid dienone is 2. The lowest BCUT2D eigenvalue weighted by Crippen LogP contribution is -2.29. The second-order valence-electron chi connectivity index (χ2n) is 6.55. The van der Waals surface area contributed by atoms with Crippen molar-refractivity contribution in [2.75, 3.05) is 6.61 Å². The lowest BCUT2D eigenvalue weighted by atomic mass is 9.78. The Hall–Kier alpha value is -1.89. The van der Waals surface area contributed by atoms with Crippen LogP contribution in [0.3, 0.4) is 0 Å². The van der Waals surface area contributed by atoms with Crippen LogP contribution in [0, 0.1) is 11.8 Å². The molecule has 0 saturated carbocycles. The van der Waals surface area contributed by atoms with Crippen molar-refractivity contribution in [3.8, 4) is 0 Å². The van der Waals surface area contributed by atoms with E-state index in [2.05, 4.69) is 16.6 Å². The van der Waals surface area contributed by atoms with E-state index >= 15 is 0 Å². The van der Waals surface area contributed by atoms with Crippen molar-refractivity contribution < 1.29 is 24.2 Å². The lowest BCUT2D eigenvalue weighted by Gasteiger charge is -2.23. The second kappa shape index (κ2) is 10.2. The molecule has 4 atom stereocenters. The maximum atomic E-state index is 11.4. The molecule has 0 aliphatic carbocycles. The SMILES string of the molecule is CCCOC(=O)NN=C[C@H]1[C@@H](CC=CCCCC(=O)O)[C@H]2CC[C@@H]1O2. The molecular weight excluding hydrogens is 324 g/mol. The number of carbonyl (C=O) groups excluding carboxylic acids is 1. The van der Waals surface area contributed by atoms with E-state index < -0.39 is 12.1 Å². The summed E-state index contributed by atoms with van der Waals surface area (Å²) in [7, 11) is 0. The van der Waals surface area contributed by atoms with Crippen molar-refractivity contribution in [3.05, 3.63) is 12.2 Å². The van der Waals surface area contributed by atoms with Crippen LogP contribution >= 0.6 is 0 Å². The Balaban J connectivity index is 1.77. The molecule has 0 aromatic heterocycles. The first kappa shape index (κ1) is 19.4. The number of carboxylic acids is 1. The Morgan fingerprint density at radius 3 is 2.88 bits per heavy atom. The van der Waals surface area contributed by atoms with E-state index in [1.165, 1.54) is 0 Å². The van der Waals surface area contributed by atoms with Crippen LogP contribution in [-0.2, 0) is 14.3 Å². The molecule has 2 aliphatic heterocycles. The van der Waals surface area contributed by atoms with E-state index in [0.29, 0.717) is 18.9 Å². The van der Waals surface area contributed by atoms with Crippen LogP contribution in [0.15, 0.2) is 17.3 Å². The summed E-state index contributed by atoms with van der Waals surface area (Å²) >= 11 is 0. The van der Waals surface area contributed by atoms with E-state index in [4.69, 9.17) is 14.6 Å². The molecule has 7 heteroatoms. The Bertz CT molecular complexity index is 506. The molecule has 0 radical (unpaired) electrons. The second-order valence-corrected chi connectivity index (χ2v) is 6.55. The van der Waals surface area contributed by atoms with Crippen LogP contribution in [-0.4, -0.2) is 42.2 Å². The minimum Gasteiger partial charge on any atom is -0.481 e. The Labute approximate surface area is 148 Å². The van der Waals surface area contributed by atoms with E-state index in [0.717, 1.165) is 32.1 Å². The number of fused-ring (bicyclic) bond motifs is 2. The normalized spacial score (nSPS) is 28.0. The number of carboxylic acid groups (broad SMARTS) is 1. The van der Waals surface area contributed by atoms with Crippen LogP contribution in [0.25, 0.3) is 0 Å². The summed E-state index contributed by atoms with van der Waals surface area (Å²) in [6, 6.07) is 0. The highest BCUT2D eigenvalue weighted by atomic mass is 16.6. The summed E-state index contributed by atoms with van der Waals surface area (Å²) < 4.78 is 10.9. The Kier molecular flexibility index (Phi) is 7.91. The number of carbonyl (C=O) groups is 2. The smallest absolute Gasteiger partial charge is 0.427 e. The monoisotopic (exact) mass is 352 g/mol. The van der Waals surface area contributed by atoms with Crippen LogP contribution in [0.4, 0.5) is 4.79 Å². The zero-order valence-corrected chi connectivity index (χ0v) is 14.7. The van der Waals surface area contributed by atoms with Crippen molar-refractivity contribution in [1.29, 1.82) is 0 Å². The fourth-order valence-electron chi connectivity index (χ4n) is 3.47. The molecule has 7 nitrogen and oxygen atoms in total. The summed E-state index contributed by atoms with van der Waals surface area (Å²) in [6.07, 6.45) is 11.2. The Morgan fingerprint density at radius 2 is 2.12 bits per heavy atom. The van der Waals surface area contributed by atoms with Gasteiger partial charge in [-0.1, -0.05) is 19.1 Å². The van der Waals surface area contributed by atoms with Gasteiger partial charge in [0.15, 0.2) is 0 Å². The van der Waals surface area contributed by atoms with Gasteiger partial charge in [0.1, 0.15) is 0 Å². The van der Waals surface area contributed by atoms with Gasteiger partial charge in [-0.15, -0.1) is 0 Å². The molecule has 2 fully saturated rings. The molecule has 0 aromatic rings. The molecule has 0 aromatic carbocycles. The predicted molar refractivity (Wildman–Crippen MR) is 93.4 cm³/mol. The number of rotatable bonds is 10. The molecule has 0 unspecified atom stereocenters. The number of nitrogens with zero attached hydrogens (tertiary/aromatic N) is 1. The van der Waals surface area contributed by atoms with Crippen molar-refractivity contribution in [1.82, 2.24) is 5.43 Å². The maximum absolute atomic E-state index is 11.4. The molecule has 25 heavy (non-hydrogen) atoms. The van der Waals surface area contributed by atoms with Gasteiger partial charge < -0.3 is 14.6 Å².